The number of aliphatic imine (C=N–C) groups is 1. The van der Waals surface area contributed by atoms with Crippen molar-refractivity contribution in [3.8, 4) is 0 Å². The molecule has 4 N–H and O–H groups in total. The lowest BCUT2D eigenvalue weighted by molar-refractivity contribution is -0.138. The Morgan fingerprint density at radius 3 is 2.29 bits per heavy atom. The molecule has 200 valence electrons. The molecule has 1 atom stereocenters. The van der Waals surface area contributed by atoms with Crippen LogP contribution in [0.1, 0.15) is 42.6 Å². The predicted octanol–water partition coefficient (Wildman–Crippen LogP) is 4.54. The van der Waals surface area contributed by atoms with E-state index < -0.39 is 22.0 Å². The lowest BCUT2D eigenvalue weighted by Gasteiger charge is -2.15. The third-order valence-electron chi connectivity index (χ3n) is 5.61. The molecule has 0 aliphatic heterocycles. The lowest BCUT2D eigenvalue weighted by Crippen LogP contribution is -2.42. The Balaban J connectivity index is 1.62. The van der Waals surface area contributed by atoms with Crippen molar-refractivity contribution in [3.05, 3.63) is 90.0 Å². The number of hydrogen-bond donors (Lipinski definition) is 4. The van der Waals surface area contributed by atoms with Crippen molar-refractivity contribution in [1.29, 1.82) is 0 Å². The maximum Gasteiger partial charge on any atom is 0.322 e. The smallest absolute Gasteiger partial charge is 0.322 e. The molecule has 10 heteroatoms. The van der Waals surface area contributed by atoms with Crippen molar-refractivity contribution in [2.45, 2.75) is 44.0 Å². The van der Waals surface area contributed by atoms with Gasteiger partial charge in [0, 0.05) is 23.5 Å². The number of nitrogens with zero attached hydrogens (tertiary/aromatic N) is 1. The van der Waals surface area contributed by atoms with E-state index in [2.05, 4.69) is 27.3 Å². The first-order chi connectivity index (χ1) is 18.2. The molecule has 1 unspecified atom stereocenters. The first kappa shape index (κ1) is 28.5. The third kappa shape index (κ3) is 8.53. The number of carbonyl (C=O) groups excluding carboxylic acids is 1. The van der Waals surface area contributed by atoms with Crippen molar-refractivity contribution in [3.63, 3.8) is 0 Å². The highest BCUT2D eigenvalue weighted by Gasteiger charge is 2.25. The number of aliphatic carboxylic acids is 1. The van der Waals surface area contributed by atoms with E-state index in [9.17, 15) is 23.1 Å². The zero-order valence-corrected chi connectivity index (χ0v) is 22.2. The van der Waals surface area contributed by atoms with Gasteiger partial charge in [-0.15, -0.1) is 0 Å². The van der Waals surface area contributed by atoms with Gasteiger partial charge in [0.25, 0.3) is 5.91 Å². The van der Waals surface area contributed by atoms with Crippen LogP contribution in [0.4, 0.5) is 11.4 Å². The largest absolute Gasteiger partial charge is 0.480 e. The van der Waals surface area contributed by atoms with Gasteiger partial charge in [0.2, 0.25) is 10.0 Å². The van der Waals surface area contributed by atoms with Gasteiger partial charge in [-0.1, -0.05) is 49.7 Å². The molecule has 0 saturated carbocycles. The molecule has 1 amide bonds. The van der Waals surface area contributed by atoms with Crippen LogP contribution in [0.3, 0.4) is 0 Å². The van der Waals surface area contributed by atoms with Crippen LogP contribution in [0.25, 0.3) is 0 Å². The normalized spacial score (nSPS) is 12.5. The minimum absolute atomic E-state index is 0.0116. The Hall–Kier alpha value is -4.02. The maximum atomic E-state index is 12.8. The van der Waals surface area contributed by atoms with E-state index in [1.54, 1.807) is 60.7 Å². The van der Waals surface area contributed by atoms with Crippen LogP contribution in [0.15, 0.2) is 88.8 Å². The SMILES string of the molecule is CCCCN=C(C)Nc1cccc(C(=O)Nc2ccc(CC(NS(=O)(=O)c3ccccc3)C(=O)O)cc2)c1. The molecule has 9 nitrogen and oxygen atoms in total. The fourth-order valence-electron chi connectivity index (χ4n) is 3.59. The standard InChI is InChI=1S/C28H32N4O5S/c1-3-4-17-29-20(2)30-24-10-8-9-22(19-24)27(33)31-23-15-13-21(14-16-23)18-26(28(34)35)32-38(36,37)25-11-6-5-7-12-25/h5-16,19,26,32H,3-4,17-18H2,1-2H3,(H,29,30)(H,31,33)(H,34,35). The van der Waals surface area contributed by atoms with E-state index in [1.807, 2.05) is 13.0 Å². The molecule has 3 aromatic carbocycles. The van der Waals surface area contributed by atoms with Crippen LogP contribution >= 0.6 is 0 Å². The summed E-state index contributed by atoms with van der Waals surface area (Å²) in [4.78, 5) is 29.0. The number of rotatable bonds is 12. The summed E-state index contributed by atoms with van der Waals surface area (Å²) in [7, 11) is -4.00. The number of carboxylic acid groups (broad SMARTS) is 1. The molecule has 0 aliphatic carbocycles. The number of benzene rings is 3. The van der Waals surface area contributed by atoms with Crippen LogP contribution in [0.5, 0.6) is 0 Å². The van der Waals surface area contributed by atoms with Gasteiger partial charge in [-0.05, 0) is 67.8 Å². The molecule has 0 radical (unpaired) electrons. The summed E-state index contributed by atoms with van der Waals surface area (Å²) in [5, 5.41) is 15.6. The van der Waals surface area contributed by atoms with Crippen LogP contribution < -0.4 is 15.4 Å². The summed E-state index contributed by atoms with van der Waals surface area (Å²) < 4.78 is 27.4. The second-order valence-electron chi connectivity index (χ2n) is 8.71. The summed E-state index contributed by atoms with van der Waals surface area (Å²) in [6, 6.07) is 19.9. The van der Waals surface area contributed by atoms with Gasteiger partial charge in [-0.2, -0.15) is 4.72 Å². The van der Waals surface area contributed by atoms with Gasteiger partial charge in [-0.3, -0.25) is 14.6 Å². The number of amidine groups is 1. The Morgan fingerprint density at radius 2 is 1.63 bits per heavy atom. The molecular formula is C28H32N4O5S. The topological polar surface area (TPSA) is 137 Å². The van der Waals surface area contributed by atoms with E-state index in [-0.39, 0.29) is 17.2 Å². The fraction of sp³-hybridized carbons (Fsp3) is 0.250. The van der Waals surface area contributed by atoms with Crippen molar-refractivity contribution < 1.29 is 23.1 Å². The van der Waals surface area contributed by atoms with Crippen LogP contribution in [0.2, 0.25) is 0 Å². The monoisotopic (exact) mass is 536 g/mol. The summed E-state index contributed by atoms with van der Waals surface area (Å²) in [6.07, 6.45) is 2.02. The average Bonchev–Trinajstić information content (AvgIpc) is 2.90. The summed E-state index contributed by atoms with van der Waals surface area (Å²) in [5.41, 5.74) is 2.33. The maximum absolute atomic E-state index is 12.8. The molecule has 38 heavy (non-hydrogen) atoms. The van der Waals surface area contributed by atoms with E-state index in [0.29, 0.717) is 16.8 Å². The van der Waals surface area contributed by atoms with Crippen molar-refractivity contribution in [1.82, 2.24) is 4.72 Å². The number of hydrogen-bond acceptors (Lipinski definition) is 5. The Bertz CT molecular complexity index is 1370. The highest BCUT2D eigenvalue weighted by molar-refractivity contribution is 7.89. The molecule has 0 saturated heterocycles. The first-order valence-electron chi connectivity index (χ1n) is 12.3. The van der Waals surface area contributed by atoms with Crippen molar-refractivity contribution in [2.24, 2.45) is 4.99 Å². The van der Waals surface area contributed by atoms with Crippen LogP contribution in [-0.2, 0) is 21.2 Å². The second-order valence-corrected chi connectivity index (χ2v) is 10.4. The molecular weight excluding hydrogens is 504 g/mol. The highest BCUT2D eigenvalue weighted by atomic mass is 32.2. The van der Waals surface area contributed by atoms with Gasteiger partial charge in [0.1, 0.15) is 6.04 Å². The number of sulfonamides is 1. The molecule has 0 fully saturated rings. The zero-order valence-electron chi connectivity index (χ0n) is 21.3. The van der Waals surface area contributed by atoms with Crippen LogP contribution in [-0.4, -0.2) is 43.8 Å². The number of carbonyl (C=O) groups is 2. The summed E-state index contributed by atoms with van der Waals surface area (Å²) >= 11 is 0. The molecule has 0 spiro atoms. The Labute approximate surface area is 223 Å². The molecule has 3 aromatic rings. The number of nitrogens with one attached hydrogen (secondary N) is 3. The van der Waals surface area contributed by atoms with Gasteiger partial charge >= 0.3 is 5.97 Å². The Morgan fingerprint density at radius 1 is 0.921 bits per heavy atom. The van der Waals surface area contributed by atoms with Gasteiger partial charge in [-0.25, -0.2) is 8.42 Å². The number of unbranched alkanes of at least 4 members (excludes halogenated alkanes) is 1. The van der Waals surface area contributed by atoms with E-state index >= 15 is 0 Å². The molecule has 0 heterocycles. The van der Waals surface area contributed by atoms with Crippen molar-refractivity contribution in [2.75, 3.05) is 17.2 Å². The fourth-order valence-corrected chi connectivity index (χ4v) is 4.80. The third-order valence-corrected chi connectivity index (χ3v) is 7.10. The zero-order chi connectivity index (χ0) is 27.5. The van der Waals surface area contributed by atoms with E-state index in [1.165, 1.54) is 12.1 Å². The van der Waals surface area contributed by atoms with E-state index in [4.69, 9.17) is 0 Å². The number of carboxylic acids is 1. The van der Waals surface area contributed by atoms with Gasteiger partial charge < -0.3 is 15.7 Å². The molecule has 0 aliphatic rings. The average molecular weight is 537 g/mol. The molecule has 0 bridgehead atoms. The first-order valence-corrected chi connectivity index (χ1v) is 13.7. The van der Waals surface area contributed by atoms with Gasteiger partial charge in [0.05, 0.1) is 10.7 Å². The quantitative estimate of drug-likeness (QED) is 0.152. The molecule has 3 rings (SSSR count). The number of amides is 1. The highest BCUT2D eigenvalue weighted by Crippen LogP contribution is 2.16. The van der Waals surface area contributed by atoms with Gasteiger partial charge in [0.15, 0.2) is 0 Å². The predicted molar refractivity (Wildman–Crippen MR) is 149 cm³/mol. The van der Waals surface area contributed by atoms with Crippen molar-refractivity contribution >= 4 is 39.1 Å². The lowest BCUT2D eigenvalue weighted by atomic mass is 10.1. The molecule has 0 aromatic heterocycles. The minimum Gasteiger partial charge on any atom is -0.480 e. The number of anilines is 2. The second kappa shape index (κ2) is 13.5. The van der Waals surface area contributed by atoms with E-state index in [0.717, 1.165) is 30.9 Å². The summed E-state index contributed by atoms with van der Waals surface area (Å²) in [5.74, 6) is -0.820. The van der Waals surface area contributed by atoms with Crippen LogP contribution in [0, 0.1) is 0 Å². The Kier molecular flexibility index (Phi) is 10.1. The summed E-state index contributed by atoms with van der Waals surface area (Å²) in [6.45, 7) is 4.74. The minimum atomic E-state index is -4.00.